The number of hydrogen-bond acceptors (Lipinski definition) is 4. The minimum Gasteiger partial charge on any atom is -0.477 e. The Bertz CT molecular complexity index is 638. The van der Waals surface area contributed by atoms with E-state index in [4.69, 9.17) is 4.74 Å². The smallest absolute Gasteiger partial charge is 0.341 e. The molecule has 0 amide bonds. The molecule has 104 valence electrons. The molecule has 0 aliphatic rings. The minimum atomic E-state index is -1.04. The number of carboxylic acids is 1. The molecule has 0 spiro atoms. The maximum absolute atomic E-state index is 11.3. The van der Waals surface area contributed by atoms with Gasteiger partial charge in [-0.3, -0.25) is 4.98 Å². The predicted octanol–water partition coefficient (Wildman–Crippen LogP) is 3.91. The fraction of sp³-hybridized carbons (Fsp3) is 0.200. The van der Waals surface area contributed by atoms with Gasteiger partial charge in [0, 0.05) is 16.7 Å². The lowest BCUT2D eigenvalue weighted by Gasteiger charge is -2.11. The van der Waals surface area contributed by atoms with Gasteiger partial charge in [0.15, 0.2) is 0 Å². The maximum Gasteiger partial charge on any atom is 0.341 e. The summed E-state index contributed by atoms with van der Waals surface area (Å²) in [6, 6.07) is 9.15. The summed E-state index contributed by atoms with van der Waals surface area (Å²) in [5, 5.41) is 9.27. The molecule has 0 radical (unpaired) electrons. The van der Waals surface area contributed by atoms with Crippen LogP contribution in [-0.4, -0.2) is 22.3 Å². The van der Waals surface area contributed by atoms with Crippen LogP contribution in [0, 0.1) is 13.8 Å². The van der Waals surface area contributed by atoms with Crippen LogP contribution < -0.4 is 4.74 Å². The average Bonchev–Trinajstić information content (AvgIpc) is 2.38. The van der Waals surface area contributed by atoms with Crippen molar-refractivity contribution in [3.63, 3.8) is 0 Å². The number of nitrogens with zero attached hydrogens (tertiary/aromatic N) is 1. The third-order valence-electron chi connectivity index (χ3n) is 2.79. The van der Waals surface area contributed by atoms with Crippen molar-refractivity contribution in [2.24, 2.45) is 0 Å². The van der Waals surface area contributed by atoms with Gasteiger partial charge in [-0.15, -0.1) is 11.8 Å². The van der Waals surface area contributed by atoms with E-state index in [0.717, 1.165) is 10.6 Å². The number of hydrogen-bond donors (Lipinski definition) is 1. The minimum absolute atomic E-state index is 0.101. The monoisotopic (exact) mass is 289 g/mol. The highest BCUT2D eigenvalue weighted by molar-refractivity contribution is 7.98. The maximum atomic E-state index is 11.3. The Kier molecular flexibility index (Phi) is 4.29. The fourth-order valence-corrected chi connectivity index (χ4v) is 2.31. The highest BCUT2D eigenvalue weighted by Crippen LogP contribution is 2.29. The number of benzene rings is 1. The predicted molar refractivity (Wildman–Crippen MR) is 79.0 cm³/mol. The largest absolute Gasteiger partial charge is 0.477 e. The van der Waals surface area contributed by atoms with Crippen LogP contribution in [-0.2, 0) is 0 Å². The summed E-state index contributed by atoms with van der Waals surface area (Å²) < 4.78 is 5.70. The topological polar surface area (TPSA) is 59.4 Å². The van der Waals surface area contributed by atoms with Crippen LogP contribution in [0.1, 0.15) is 21.7 Å². The number of aromatic carboxylic acids is 1. The second-order valence-corrected chi connectivity index (χ2v) is 5.18. The third kappa shape index (κ3) is 3.11. The zero-order chi connectivity index (χ0) is 14.7. The Hall–Kier alpha value is -2.01. The Labute approximate surface area is 121 Å². The molecule has 1 aromatic heterocycles. The molecule has 2 rings (SSSR count). The summed E-state index contributed by atoms with van der Waals surface area (Å²) in [5.41, 5.74) is 1.28. The second-order valence-electron chi connectivity index (χ2n) is 4.30. The lowest BCUT2D eigenvalue weighted by molar-refractivity contribution is 0.0693. The summed E-state index contributed by atoms with van der Waals surface area (Å²) in [5.74, 6) is -0.111. The van der Waals surface area contributed by atoms with Crippen molar-refractivity contribution in [1.82, 2.24) is 4.98 Å². The molecule has 0 aliphatic heterocycles. The third-order valence-corrected chi connectivity index (χ3v) is 3.54. The molecule has 4 nitrogen and oxygen atoms in total. The van der Waals surface area contributed by atoms with Crippen molar-refractivity contribution in [2.75, 3.05) is 6.26 Å². The van der Waals surface area contributed by atoms with Crippen LogP contribution in [0.5, 0.6) is 11.5 Å². The molecule has 5 heteroatoms. The molecule has 0 bridgehead atoms. The van der Waals surface area contributed by atoms with Gasteiger partial charge >= 0.3 is 5.97 Å². The Morgan fingerprint density at radius 2 is 1.90 bits per heavy atom. The van der Waals surface area contributed by atoms with Gasteiger partial charge in [-0.25, -0.2) is 4.79 Å². The first kappa shape index (κ1) is 14.4. The van der Waals surface area contributed by atoms with Gasteiger partial charge in [-0.05, 0) is 44.4 Å². The van der Waals surface area contributed by atoms with Gasteiger partial charge in [-0.1, -0.05) is 0 Å². The van der Waals surface area contributed by atoms with Crippen molar-refractivity contribution >= 4 is 17.7 Å². The van der Waals surface area contributed by atoms with E-state index >= 15 is 0 Å². The first-order chi connectivity index (χ1) is 9.51. The van der Waals surface area contributed by atoms with E-state index in [0.29, 0.717) is 17.2 Å². The number of rotatable bonds is 4. The van der Waals surface area contributed by atoms with E-state index in [9.17, 15) is 9.90 Å². The molecule has 0 unspecified atom stereocenters. The second kappa shape index (κ2) is 5.96. The number of aryl methyl sites for hydroxylation is 2. The quantitative estimate of drug-likeness (QED) is 0.865. The first-order valence-corrected chi connectivity index (χ1v) is 7.27. The lowest BCUT2D eigenvalue weighted by Crippen LogP contribution is -2.06. The van der Waals surface area contributed by atoms with Crippen molar-refractivity contribution in [3.05, 3.63) is 47.3 Å². The van der Waals surface area contributed by atoms with Crippen LogP contribution in [0.2, 0.25) is 0 Å². The van der Waals surface area contributed by atoms with E-state index in [1.165, 1.54) is 0 Å². The van der Waals surface area contributed by atoms with Crippen molar-refractivity contribution in [2.45, 2.75) is 18.7 Å². The van der Waals surface area contributed by atoms with E-state index in [1.807, 2.05) is 37.4 Å². The Balaban J connectivity index is 2.39. The van der Waals surface area contributed by atoms with Crippen LogP contribution >= 0.6 is 11.8 Å². The number of aromatic nitrogens is 1. The molecule has 1 N–H and O–H groups in total. The first-order valence-electron chi connectivity index (χ1n) is 6.04. The summed E-state index contributed by atoms with van der Waals surface area (Å²) in [7, 11) is 0. The van der Waals surface area contributed by atoms with Crippen LogP contribution in [0.4, 0.5) is 0 Å². The zero-order valence-corrected chi connectivity index (χ0v) is 12.3. The molecule has 0 fully saturated rings. The highest BCUT2D eigenvalue weighted by atomic mass is 32.2. The summed E-state index contributed by atoms with van der Waals surface area (Å²) >= 11 is 1.64. The Morgan fingerprint density at radius 3 is 2.45 bits per heavy atom. The number of carboxylic acid groups (broad SMARTS) is 1. The molecule has 0 saturated heterocycles. The van der Waals surface area contributed by atoms with Crippen molar-refractivity contribution < 1.29 is 14.6 Å². The van der Waals surface area contributed by atoms with Crippen molar-refractivity contribution in [3.8, 4) is 11.5 Å². The molecular weight excluding hydrogens is 274 g/mol. The van der Waals surface area contributed by atoms with Gasteiger partial charge in [0.05, 0.1) is 5.69 Å². The van der Waals surface area contributed by atoms with E-state index in [2.05, 4.69) is 4.98 Å². The van der Waals surface area contributed by atoms with Crippen molar-refractivity contribution in [1.29, 1.82) is 0 Å². The standard InChI is InChI=1S/C15H15NO3S/c1-9-8-13(14(15(17)18)10(2)16-9)19-11-4-6-12(20-3)7-5-11/h4-8H,1-3H3,(H,17,18). The highest BCUT2D eigenvalue weighted by Gasteiger charge is 2.17. The lowest BCUT2D eigenvalue weighted by atomic mass is 10.1. The molecule has 0 aliphatic carbocycles. The Morgan fingerprint density at radius 1 is 1.25 bits per heavy atom. The van der Waals surface area contributed by atoms with Crippen LogP contribution in [0.3, 0.4) is 0 Å². The van der Waals surface area contributed by atoms with E-state index in [1.54, 1.807) is 24.8 Å². The molecule has 2 aromatic rings. The molecule has 0 saturated carbocycles. The van der Waals surface area contributed by atoms with Crippen LogP contribution in [0.15, 0.2) is 35.2 Å². The number of pyridine rings is 1. The van der Waals surface area contributed by atoms with E-state index < -0.39 is 5.97 Å². The van der Waals surface area contributed by atoms with Crippen LogP contribution in [0.25, 0.3) is 0 Å². The fourth-order valence-electron chi connectivity index (χ4n) is 1.90. The van der Waals surface area contributed by atoms with E-state index in [-0.39, 0.29) is 5.56 Å². The van der Waals surface area contributed by atoms with Gasteiger partial charge in [0.25, 0.3) is 0 Å². The molecule has 20 heavy (non-hydrogen) atoms. The number of ether oxygens (including phenoxy) is 1. The van der Waals surface area contributed by atoms with Gasteiger partial charge in [0.2, 0.25) is 0 Å². The van der Waals surface area contributed by atoms with Gasteiger partial charge in [0.1, 0.15) is 17.1 Å². The van der Waals surface area contributed by atoms with Gasteiger partial charge in [-0.2, -0.15) is 0 Å². The molecule has 1 aromatic carbocycles. The zero-order valence-electron chi connectivity index (χ0n) is 11.5. The molecular formula is C15H15NO3S. The number of thioether (sulfide) groups is 1. The summed E-state index contributed by atoms with van der Waals surface area (Å²) in [6.07, 6.45) is 1.99. The summed E-state index contributed by atoms with van der Waals surface area (Å²) in [4.78, 5) is 16.6. The SMILES string of the molecule is CSc1ccc(Oc2cc(C)nc(C)c2C(=O)O)cc1. The molecule has 1 heterocycles. The number of carbonyl (C=O) groups is 1. The summed E-state index contributed by atoms with van der Waals surface area (Å²) in [6.45, 7) is 3.47. The molecule has 0 atom stereocenters. The van der Waals surface area contributed by atoms with Gasteiger partial charge < -0.3 is 9.84 Å². The normalized spacial score (nSPS) is 10.3. The average molecular weight is 289 g/mol.